The molecular weight excluding hydrogens is 192 g/mol. The third kappa shape index (κ3) is 3.12. The Hall–Kier alpha value is -0.260. The van der Waals surface area contributed by atoms with Crippen LogP contribution in [0.1, 0.15) is 67.6 Å². The average molecular weight is 224 g/mol. The summed E-state index contributed by atoms with van der Waals surface area (Å²) >= 11 is 0. The monoisotopic (exact) mass is 224 g/mol. The van der Waals surface area contributed by atoms with Crippen LogP contribution in [0.25, 0.3) is 0 Å². The van der Waals surface area contributed by atoms with E-state index in [2.05, 4.69) is 19.6 Å². The summed E-state index contributed by atoms with van der Waals surface area (Å²) in [5, 5.41) is 0. The average Bonchev–Trinajstić information content (AvgIpc) is 2.32. The van der Waals surface area contributed by atoms with Gasteiger partial charge >= 0.3 is 0 Å². The fraction of sp³-hybridized carbons (Fsp3) is 0.875. The van der Waals surface area contributed by atoms with Gasteiger partial charge in [-0.3, -0.25) is 0 Å². The van der Waals surface area contributed by atoms with Crippen LogP contribution in [0.5, 0.6) is 0 Å². The Balaban J connectivity index is 0.00000144. The molecule has 2 aliphatic carbocycles. The fourth-order valence-corrected chi connectivity index (χ4v) is 3.89. The van der Waals surface area contributed by atoms with Crippen molar-refractivity contribution in [2.24, 2.45) is 23.7 Å². The maximum absolute atomic E-state index is 3.87. The minimum absolute atomic E-state index is 0. The topological polar surface area (TPSA) is 0 Å². The van der Waals surface area contributed by atoms with Crippen LogP contribution in [0.15, 0.2) is 12.7 Å². The predicted molar refractivity (Wildman–Crippen MR) is 75.6 cm³/mol. The molecule has 2 aliphatic rings. The smallest absolute Gasteiger partial charge is 0 e. The summed E-state index contributed by atoms with van der Waals surface area (Å²) in [6.45, 7) is 6.30. The van der Waals surface area contributed by atoms with Gasteiger partial charge < -0.3 is 0 Å². The quantitative estimate of drug-likeness (QED) is 0.540. The third-order valence-electron chi connectivity index (χ3n) is 5.12. The van der Waals surface area contributed by atoms with E-state index in [0.717, 1.165) is 23.7 Å². The Labute approximate surface area is 104 Å². The van der Waals surface area contributed by atoms with Crippen LogP contribution in [-0.4, -0.2) is 0 Å². The number of hydrogen-bond donors (Lipinski definition) is 0. The second-order valence-electron chi connectivity index (χ2n) is 6.33. The summed E-state index contributed by atoms with van der Waals surface area (Å²) < 4.78 is 0. The Bertz CT molecular complexity index is 211. The molecular formula is C16H32. The lowest BCUT2D eigenvalue weighted by molar-refractivity contribution is 0.151. The molecule has 96 valence electrons. The van der Waals surface area contributed by atoms with Crippen molar-refractivity contribution in [1.82, 2.24) is 0 Å². The normalized spacial score (nSPS) is 40.6. The van der Waals surface area contributed by atoms with Gasteiger partial charge in [0.2, 0.25) is 0 Å². The van der Waals surface area contributed by atoms with E-state index in [4.69, 9.17) is 0 Å². The minimum Gasteiger partial charge on any atom is -0.103 e. The van der Waals surface area contributed by atoms with Crippen LogP contribution in [0, 0.1) is 23.7 Å². The van der Waals surface area contributed by atoms with Gasteiger partial charge in [-0.25, -0.2) is 0 Å². The Morgan fingerprint density at radius 2 is 1.44 bits per heavy atom. The van der Waals surface area contributed by atoms with E-state index < -0.39 is 0 Å². The second kappa shape index (κ2) is 5.89. The summed E-state index contributed by atoms with van der Waals surface area (Å²) in [6, 6.07) is 0. The van der Waals surface area contributed by atoms with Gasteiger partial charge in [0.05, 0.1) is 0 Å². The molecule has 0 nitrogen and oxygen atoms in total. The minimum atomic E-state index is 0. The summed E-state index contributed by atoms with van der Waals surface area (Å²) in [7, 11) is 0. The lowest BCUT2D eigenvalue weighted by atomic mass is 9.69. The first-order chi connectivity index (χ1) is 7.79. The maximum atomic E-state index is 3.87. The van der Waals surface area contributed by atoms with Crippen molar-refractivity contribution in [3.63, 3.8) is 0 Å². The van der Waals surface area contributed by atoms with Crippen LogP contribution in [0.3, 0.4) is 0 Å². The van der Waals surface area contributed by atoms with E-state index in [-0.39, 0.29) is 2.85 Å². The van der Waals surface area contributed by atoms with Gasteiger partial charge in [0.25, 0.3) is 0 Å². The summed E-state index contributed by atoms with van der Waals surface area (Å²) in [5.41, 5.74) is 0. The molecule has 0 atom stereocenters. The van der Waals surface area contributed by atoms with Crippen molar-refractivity contribution in [3.8, 4) is 0 Å². The van der Waals surface area contributed by atoms with E-state index in [9.17, 15) is 0 Å². The molecule has 0 amide bonds. The van der Waals surface area contributed by atoms with E-state index in [0.29, 0.717) is 0 Å². The first-order valence-electron chi connectivity index (χ1n) is 7.40. The van der Waals surface area contributed by atoms with Gasteiger partial charge in [-0.15, -0.1) is 6.58 Å². The Morgan fingerprint density at radius 1 is 0.938 bits per heavy atom. The summed E-state index contributed by atoms with van der Waals surface area (Å²) in [5.74, 6) is 4.14. The highest BCUT2D eigenvalue weighted by Crippen LogP contribution is 2.41. The molecule has 2 saturated carbocycles. The van der Waals surface area contributed by atoms with Crippen molar-refractivity contribution in [3.05, 3.63) is 12.7 Å². The molecule has 0 spiro atoms. The van der Waals surface area contributed by atoms with Gasteiger partial charge in [-0.05, 0) is 68.6 Å². The highest BCUT2D eigenvalue weighted by atomic mass is 14.3. The van der Waals surface area contributed by atoms with Crippen LogP contribution >= 0.6 is 0 Å². The van der Waals surface area contributed by atoms with Gasteiger partial charge in [-0.1, -0.05) is 25.8 Å². The summed E-state index contributed by atoms with van der Waals surface area (Å²) in [6.07, 6.45) is 15.4. The molecule has 16 heavy (non-hydrogen) atoms. The van der Waals surface area contributed by atoms with E-state index in [1.54, 1.807) is 0 Å². The molecule has 0 bridgehead atoms. The first-order valence-corrected chi connectivity index (χ1v) is 7.40. The number of allylic oxidation sites excluding steroid dienone is 1. The molecule has 0 aromatic carbocycles. The van der Waals surface area contributed by atoms with Crippen molar-refractivity contribution < 1.29 is 2.85 Å². The molecule has 0 aliphatic heterocycles. The SMILES string of the molecule is C=CCC1CCC(C2CCC(C)CC2)CC1.[HH].[HH]. The van der Waals surface area contributed by atoms with Crippen LogP contribution < -0.4 is 0 Å². The molecule has 2 fully saturated rings. The number of hydrogen-bond acceptors (Lipinski definition) is 0. The highest BCUT2D eigenvalue weighted by Gasteiger charge is 2.29. The molecule has 0 heteroatoms. The lowest BCUT2D eigenvalue weighted by Crippen LogP contribution is -2.25. The second-order valence-corrected chi connectivity index (χ2v) is 6.33. The largest absolute Gasteiger partial charge is 0.103 e. The molecule has 0 aromatic rings. The standard InChI is InChI=1S/C16H28.2H2/c1-3-4-14-7-11-16(12-8-14)15-9-5-13(2)6-10-15;;/h3,13-16H,1,4-12H2,2H3;2*1H. The maximum Gasteiger partial charge on any atom is 0 e. The third-order valence-corrected chi connectivity index (χ3v) is 5.12. The van der Waals surface area contributed by atoms with Gasteiger partial charge in [0.1, 0.15) is 0 Å². The lowest BCUT2D eigenvalue weighted by Gasteiger charge is -2.37. The molecule has 0 heterocycles. The first kappa shape index (κ1) is 12.2. The van der Waals surface area contributed by atoms with Crippen LogP contribution in [0.2, 0.25) is 0 Å². The van der Waals surface area contributed by atoms with E-state index in [1.807, 2.05) is 0 Å². The Morgan fingerprint density at radius 3 is 1.94 bits per heavy atom. The van der Waals surface area contributed by atoms with Gasteiger partial charge in [0, 0.05) is 2.85 Å². The van der Waals surface area contributed by atoms with Crippen LogP contribution in [0.4, 0.5) is 0 Å². The fourth-order valence-electron chi connectivity index (χ4n) is 3.89. The zero-order chi connectivity index (χ0) is 11.4. The van der Waals surface area contributed by atoms with Crippen molar-refractivity contribution in [2.45, 2.75) is 64.7 Å². The van der Waals surface area contributed by atoms with Crippen molar-refractivity contribution in [1.29, 1.82) is 0 Å². The van der Waals surface area contributed by atoms with E-state index >= 15 is 0 Å². The zero-order valence-electron chi connectivity index (χ0n) is 11.0. The molecule has 0 aromatic heterocycles. The summed E-state index contributed by atoms with van der Waals surface area (Å²) in [4.78, 5) is 0. The van der Waals surface area contributed by atoms with Crippen molar-refractivity contribution >= 4 is 0 Å². The highest BCUT2D eigenvalue weighted by molar-refractivity contribution is 4.83. The van der Waals surface area contributed by atoms with Gasteiger partial charge in [0.15, 0.2) is 0 Å². The zero-order valence-corrected chi connectivity index (χ0v) is 11.0. The number of rotatable bonds is 3. The molecule has 0 radical (unpaired) electrons. The molecule has 0 unspecified atom stereocenters. The molecule has 2 rings (SSSR count). The van der Waals surface area contributed by atoms with E-state index in [1.165, 1.54) is 57.8 Å². The molecule has 0 N–H and O–H groups in total. The predicted octanol–water partition coefficient (Wildman–Crippen LogP) is 5.69. The molecule has 0 saturated heterocycles. The van der Waals surface area contributed by atoms with Crippen LogP contribution in [-0.2, 0) is 0 Å². The Kier molecular flexibility index (Phi) is 4.49. The van der Waals surface area contributed by atoms with Crippen molar-refractivity contribution in [2.75, 3.05) is 0 Å². The van der Waals surface area contributed by atoms with Gasteiger partial charge in [-0.2, -0.15) is 0 Å².